The summed E-state index contributed by atoms with van der Waals surface area (Å²) in [6.45, 7) is 0. The van der Waals surface area contributed by atoms with Crippen molar-refractivity contribution in [2.24, 2.45) is 0 Å². The number of benzene rings is 2. The lowest BCUT2D eigenvalue weighted by molar-refractivity contribution is 0.0696. The van der Waals surface area contributed by atoms with Crippen LogP contribution in [0.3, 0.4) is 0 Å². The van der Waals surface area contributed by atoms with Crippen molar-refractivity contribution >= 4 is 11.9 Å². The quantitative estimate of drug-likeness (QED) is 0.647. The van der Waals surface area contributed by atoms with E-state index in [-0.39, 0.29) is 11.5 Å². The molecule has 1 fully saturated rings. The van der Waals surface area contributed by atoms with Crippen molar-refractivity contribution in [3.05, 3.63) is 70.8 Å². The third-order valence-corrected chi connectivity index (χ3v) is 4.74. The van der Waals surface area contributed by atoms with Gasteiger partial charge in [0.1, 0.15) is 0 Å². The number of rotatable bonds is 3. The van der Waals surface area contributed by atoms with E-state index < -0.39 is 5.97 Å². The molecule has 26 heavy (non-hydrogen) atoms. The van der Waals surface area contributed by atoms with E-state index in [4.69, 9.17) is 5.11 Å². The first-order chi connectivity index (χ1) is 12.6. The van der Waals surface area contributed by atoms with Gasteiger partial charge in [0.05, 0.1) is 5.56 Å². The van der Waals surface area contributed by atoms with Crippen molar-refractivity contribution in [1.82, 2.24) is 5.32 Å². The van der Waals surface area contributed by atoms with Crippen molar-refractivity contribution in [1.29, 1.82) is 0 Å². The largest absolute Gasteiger partial charge is 0.478 e. The van der Waals surface area contributed by atoms with Crippen LogP contribution in [0.15, 0.2) is 48.5 Å². The Balaban J connectivity index is 1.62. The van der Waals surface area contributed by atoms with Crippen LogP contribution >= 0.6 is 0 Å². The number of hydrogen-bond acceptors (Lipinski definition) is 2. The van der Waals surface area contributed by atoms with E-state index in [0.717, 1.165) is 0 Å². The zero-order valence-electron chi connectivity index (χ0n) is 14.5. The molecule has 2 N–H and O–H groups in total. The van der Waals surface area contributed by atoms with Crippen LogP contribution in [0.4, 0.5) is 0 Å². The molecule has 0 aliphatic heterocycles. The van der Waals surface area contributed by atoms with Gasteiger partial charge >= 0.3 is 5.97 Å². The van der Waals surface area contributed by atoms with Crippen LogP contribution in [0.2, 0.25) is 0 Å². The van der Waals surface area contributed by atoms with Gasteiger partial charge in [-0.3, -0.25) is 10.1 Å². The number of carboxylic acid groups (broad SMARTS) is 1. The Kier molecular flexibility index (Phi) is 5.70. The summed E-state index contributed by atoms with van der Waals surface area (Å²) in [7, 11) is 0. The van der Waals surface area contributed by atoms with Gasteiger partial charge in [0.25, 0.3) is 5.91 Å². The van der Waals surface area contributed by atoms with Gasteiger partial charge in [-0.2, -0.15) is 0 Å². The van der Waals surface area contributed by atoms with Gasteiger partial charge in [-0.1, -0.05) is 37.5 Å². The average Bonchev–Trinajstić information content (AvgIpc) is 2.69. The van der Waals surface area contributed by atoms with E-state index in [1.807, 2.05) is 24.3 Å². The Labute approximate surface area is 153 Å². The second kappa shape index (κ2) is 8.35. The average molecular weight is 347 g/mol. The molecule has 132 valence electrons. The minimum Gasteiger partial charge on any atom is -0.478 e. The molecular weight excluding hydrogens is 326 g/mol. The normalized spacial score (nSPS) is 14.2. The lowest BCUT2D eigenvalue weighted by atomic mass is 9.84. The van der Waals surface area contributed by atoms with Crippen molar-refractivity contribution < 1.29 is 14.7 Å². The van der Waals surface area contributed by atoms with Crippen LogP contribution in [0.25, 0.3) is 0 Å². The van der Waals surface area contributed by atoms with Crippen LogP contribution in [-0.2, 0) is 0 Å². The van der Waals surface area contributed by atoms with Crippen LogP contribution in [-0.4, -0.2) is 17.0 Å². The smallest absolute Gasteiger partial charge is 0.335 e. The fourth-order valence-corrected chi connectivity index (χ4v) is 3.30. The summed E-state index contributed by atoms with van der Waals surface area (Å²) in [4.78, 5) is 23.1. The molecule has 2 aromatic rings. The van der Waals surface area contributed by atoms with E-state index in [0.29, 0.717) is 17.0 Å². The minimum absolute atomic E-state index is 0.168. The summed E-state index contributed by atoms with van der Waals surface area (Å²) in [5.41, 5.74) is 2.58. The van der Waals surface area contributed by atoms with Crippen LogP contribution in [0.5, 0.6) is 0 Å². The lowest BCUT2D eigenvalue weighted by Crippen LogP contribution is -2.17. The molecule has 1 aliphatic carbocycles. The maximum atomic E-state index is 12.2. The van der Waals surface area contributed by atoms with E-state index in [9.17, 15) is 9.59 Å². The van der Waals surface area contributed by atoms with E-state index >= 15 is 0 Å². The molecule has 0 bridgehead atoms. The summed E-state index contributed by atoms with van der Waals surface area (Å²) in [5, 5.41) is 11.5. The summed E-state index contributed by atoms with van der Waals surface area (Å²) in [6.07, 6.45) is 6.35. The second-order valence-corrected chi connectivity index (χ2v) is 6.55. The number of carboxylic acids is 1. The van der Waals surface area contributed by atoms with Gasteiger partial charge in [0.15, 0.2) is 0 Å². The SMILES string of the molecule is O=C(O)c1cccc(C#CNC(=O)c2ccc(C3CCCCC3)cc2)c1. The molecule has 2 aromatic carbocycles. The topological polar surface area (TPSA) is 66.4 Å². The fraction of sp³-hybridized carbons (Fsp3) is 0.273. The summed E-state index contributed by atoms with van der Waals surface area (Å²) >= 11 is 0. The maximum Gasteiger partial charge on any atom is 0.335 e. The molecule has 1 amide bonds. The molecule has 4 heteroatoms. The first kappa shape index (κ1) is 17.8. The number of nitrogens with one attached hydrogen (secondary N) is 1. The maximum absolute atomic E-state index is 12.2. The highest BCUT2D eigenvalue weighted by Gasteiger charge is 2.15. The first-order valence-corrected chi connectivity index (χ1v) is 8.88. The highest BCUT2D eigenvalue weighted by Crippen LogP contribution is 2.32. The van der Waals surface area contributed by atoms with Crippen LogP contribution < -0.4 is 5.32 Å². The Morgan fingerprint density at radius 3 is 2.38 bits per heavy atom. The predicted molar refractivity (Wildman–Crippen MR) is 100 cm³/mol. The predicted octanol–water partition coefficient (Wildman–Crippen LogP) is 4.17. The second-order valence-electron chi connectivity index (χ2n) is 6.55. The molecule has 0 radical (unpaired) electrons. The molecule has 0 spiro atoms. The molecule has 4 nitrogen and oxygen atoms in total. The van der Waals surface area contributed by atoms with Crippen LogP contribution in [0, 0.1) is 12.0 Å². The first-order valence-electron chi connectivity index (χ1n) is 8.88. The highest BCUT2D eigenvalue weighted by molar-refractivity contribution is 5.95. The molecule has 0 atom stereocenters. The van der Waals surface area contributed by atoms with Gasteiger partial charge in [0.2, 0.25) is 0 Å². The summed E-state index contributed by atoms with van der Waals surface area (Å²) < 4.78 is 0. The summed E-state index contributed by atoms with van der Waals surface area (Å²) in [5.74, 6) is 2.11. The van der Waals surface area contributed by atoms with Gasteiger partial charge in [-0.15, -0.1) is 0 Å². The molecule has 0 saturated heterocycles. The van der Waals surface area contributed by atoms with E-state index in [1.54, 1.807) is 12.1 Å². The lowest BCUT2D eigenvalue weighted by Gasteiger charge is -2.21. The zero-order valence-corrected chi connectivity index (χ0v) is 14.5. The van der Waals surface area contributed by atoms with Gasteiger partial charge in [-0.05, 0) is 60.6 Å². The number of amides is 1. The van der Waals surface area contributed by atoms with Gasteiger partial charge < -0.3 is 5.11 Å². The Hall–Kier alpha value is -3.06. The van der Waals surface area contributed by atoms with E-state index in [1.165, 1.54) is 49.8 Å². The van der Waals surface area contributed by atoms with Crippen molar-refractivity contribution in [2.45, 2.75) is 38.0 Å². The summed E-state index contributed by atoms with van der Waals surface area (Å²) in [6, 6.07) is 16.6. The molecule has 0 heterocycles. The molecule has 0 unspecified atom stereocenters. The number of carbonyl (C=O) groups is 2. The highest BCUT2D eigenvalue weighted by atomic mass is 16.4. The fourth-order valence-electron chi connectivity index (χ4n) is 3.30. The molecule has 1 saturated carbocycles. The van der Waals surface area contributed by atoms with Crippen LogP contribution in [0.1, 0.15) is 69.9 Å². The van der Waals surface area contributed by atoms with E-state index in [2.05, 4.69) is 17.3 Å². The zero-order chi connectivity index (χ0) is 18.4. The Morgan fingerprint density at radius 2 is 1.69 bits per heavy atom. The Morgan fingerprint density at radius 1 is 0.962 bits per heavy atom. The molecule has 3 rings (SSSR count). The molecular formula is C22H21NO3. The Bertz CT molecular complexity index is 853. The molecule has 1 aliphatic rings. The third-order valence-electron chi connectivity index (χ3n) is 4.74. The van der Waals surface area contributed by atoms with Crippen molar-refractivity contribution in [3.63, 3.8) is 0 Å². The number of aromatic carboxylic acids is 1. The van der Waals surface area contributed by atoms with Gasteiger partial charge in [0, 0.05) is 17.2 Å². The third kappa shape index (κ3) is 4.52. The number of hydrogen-bond donors (Lipinski definition) is 2. The standard InChI is InChI=1S/C22H21NO3/c24-21(23-14-13-16-5-4-8-20(15-16)22(25)26)19-11-9-18(10-12-19)17-6-2-1-3-7-17/h4-5,8-12,15,17H,1-3,6-7H2,(H,23,24)(H,25,26). The van der Waals surface area contributed by atoms with Crippen molar-refractivity contribution in [3.8, 4) is 12.0 Å². The molecule has 0 aromatic heterocycles. The number of carbonyl (C=O) groups excluding carboxylic acids is 1. The monoisotopic (exact) mass is 347 g/mol. The van der Waals surface area contributed by atoms with Gasteiger partial charge in [-0.25, -0.2) is 4.79 Å². The minimum atomic E-state index is -1.00. The van der Waals surface area contributed by atoms with Crippen molar-refractivity contribution in [2.75, 3.05) is 0 Å².